The Morgan fingerprint density at radius 2 is 2.11 bits per heavy atom. The van der Waals surface area contributed by atoms with Crippen LogP contribution in [0.4, 0.5) is 10.7 Å². The van der Waals surface area contributed by atoms with Crippen molar-refractivity contribution in [1.82, 2.24) is 0 Å². The van der Waals surface area contributed by atoms with Crippen molar-refractivity contribution >= 4 is 33.8 Å². The van der Waals surface area contributed by atoms with Crippen LogP contribution >= 0.6 is 11.3 Å². The van der Waals surface area contributed by atoms with Crippen LogP contribution in [0.25, 0.3) is 0 Å². The first-order valence-corrected chi connectivity index (χ1v) is 6.95. The third-order valence-corrected chi connectivity index (χ3v) is 4.70. The fraction of sp³-hybridized carbons (Fsp3) is 0.538. The number of Topliss-reactive ketones (excluding diaryl/α,β-unsaturated/α-hetero) is 1. The summed E-state index contributed by atoms with van der Waals surface area (Å²) in [5.74, 6) is -0.650. The minimum Gasteiger partial charge on any atom is -0.465 e. The van der Waals surface area contributed by atoms with Gasteiger partial charge in [-0.25, -0.2) is 4.79 Å². The number of hydrogen-bond acceptors (Lipinski definition) is 6. The second-order valence-corrected chi connectivity index (χ2v) is 6.28. The first-order valence-electron chi connectivity index (χ1n) is 6.13. The summed E-state index contributed by atoms with van der Waals surface area (Å²) in [5.41, 5.74) is 6.67. The maximum absolute atomic E-state index is 11.8. The first kappa shape index (κ1) is 13.9. The van der Waals surface area contributed by atoms with Gasteiger partial charge in [-0.2, -0.15) is 0 Å². The van der Waals surface area contributed by atoms with E-state index in [9.17, 15) is 9.59 Å². The SMILES string of the molecule is COC(=O)c1c(NCC2(C)CC2)sc(C(C)=O)c1N. The Balaban J connectivity index is 2.31. The average molecular weight is 282 g/mol. The van der Waals surface area contributed by atoms with Gasteiger partial charge in [0, 0.05) is 13.5 Å². The monoisotopic (exact) mass is 282 g/mol. The van der Waals surface area contributed by atoms with Gasteiger partial charge < -0.3 is 15.8 Å². The molecule has 0 atom stereocenters. The molecule has 0 radical (unpaired) electrons. The van der Waals surface area contributed by atoms with Crippen LogP contribution in [0.2, 0.25) is 0 Å². The fourth-order valence-corrected chi connectivity index (χ4v) is 2.82. The van der Waals surface area contributed by atoms with Gasteiger partial charge in [-0.05, 0) is 18.3 Å². The molecule has 0 bridgehead atoms. The van der Waals surface area contributed by atoms with E-state index in [0.29, 0.717) is 15.3 Å². The number of thiophene rings is 1. The molecule has 5 nitrogen and oxygen atoms in total. The Hall–Kier alpha value is -1.56. The molecule has 0 amide bonds. The average Bonchev–Trinajstić information content (AvgIpc) is 2.99. The van der Waals surface area contributed by atoms with Crippen molar-refractivity contribution in [3.8, 4) is 0 Å². The first-order chi connectivity index (χ1) is 8.88. The molecule has 1 saturated carbocycles. The highest BCUT2D eigenvalue weighted by molar-refractivity contribution is 7.19. The minimum atomic E-state index is -0.510. The summed E-state index contributed by atoms with van der Waals surface area (Å²) in [7, 11) is 1.30. The van der Waals surface area contributed by atoms with E-state index in [-0.39, 0.29) is 17.0 Å². The molecule has 1 aliphatic rings. The molecule has 19 heavy (non-hydrogen) atoms. The van der Waals surface area contributed by atoms with Gasteiger partial charge in [0.1, 0.15) is 10.6 Å². The standard InChI is InChI=1S/C13H18N2O3S/c1-7(16)10-9(14)8(12(17)18-3)11(19-10)15-6-13(2)4-5-13/h15H,4-6,14H2,1-3H3. The van der Waals surface area contributed by atoms with Crippen molar-refractivity contribution in [3.05, 3.63) is 10.4 Å². The number of ketones is 1. The number of nitrogen functional groups attached to an aromatic ring is 1. The highest BCUT2D eigenvalue weighted by Gasteiger charge is 2.37. The van der Waals surface area contributed by atoms with Crippen LogP contribution in [-0.2, 0) is 4.74 Å². The predicted molar refractivity (Wildman–Crippen MR) is 75.9 cm³/mol. The van der Waals surface area contributed by atoms with Crippen LogP contribution < -0.4 is 11.1 Å². The molecule has 104 valence electrons. The van der Waals surface area contributed by atoms with E-state index in [1.807, 2.05) is 0 Å². The summed E-state index contributed by atoms with van der Waals surface area (Å²) in [5, 5.41) is 3.86. The molecule has 0 unspecified atom stereocenters. The molecule has 0 aromatic carbocycles. The molecule has 3 N–H and O–H groups in total. The molecule has 6 heteroatoms. The number of esters is 1. The van der Waals surface area contributed by atoms with E-state index in [2.05, 4.69) is 12.2 Å². The van der Waals surface area contributed by atoms with Gasteiger partial charge >= 0.3 is 5.97 Å². The Morgan fingerprint density at radius 1 is 1.47 bits per heavy atom. The molecule has 1 aromatic heterocycles. The lowest BCUT2D eigenvalue weighted by Gasteiger charge is -2.11. The second-order valence-electron chi connectivity index (χ2n) is 5.26. The summed E-state index contributed by atoms with van der Waals surface area (Å²) < 4.78 is 4.73. The highest BCUT2D eigenvalue weighted by atomic mass is 32.1. The summed E-state index contributed by atoms with van der Waals surface area (Å²) in [6.07, 6.45) is 2.35. The third kappa shape index (κ3) is 2.73. The number of methoxy groups -OCH3 is 1. The summed E-state index contributed by atoms with van der Waals surface area (Å²) >= 11 is 1.22. The Labute approximate surface area is 116 Å². The van der Waals surface area contributed by atoms with E-state index in [1.54, 1.807) is 0 Å². The topological polar surface area (TPSA) is 81.4 Å². The van der Waals surface area contributed by atoms with Gasteiger partial charge in [0.15, 0.2) is 5.78 Å². The van der Waals surface area contributed by atoms with Gasteiger partial charge in [0.25, 0.3) is 0 Å². The molecule has 0 saturated heterocycles. The largest absolute Gasteiger partial charge is 0.465 e. The zero-order valence-corrected chi connectivity index (χ0v) is 12.1. The van der Waals surface area contributed by atoms with Crippen LogP contribution in [0.15, 0.2) is 0 Å². The molecule has 1 aromatic rings. The number of anilines is 2. The van der Waals surface area contributed by atoms with E-state index >= 15 is 0 Å². The van der Waals surface area contributed by atoms with E-state index in [4.69, 9.17) is 10.5 Å². The molecule has 2 rings (SSSR count). The number of nitrogens with one attached hydrogen (secondary N) is 1. The van der Waals surface area contributed by atoms with E-state index < -0.39 is 5.97 Å². The van der Waals surface area contributed by atoms with E-state index in [0.717, 1.165) is 6.54 Å². The van der Waals surface area contributed by atoms with Crippen molar-refractivity contribution in [2.24, 2.45) is 5.41 Å². The Morgan fingerprint density at radius 3 is 2.58 bits per heavy atom. The maximum Gasteiger partial charge on any atom is 0.343 e. The van der Waals surface area contributed by atoms with Gasteiger partial charge in [-0.1, -0.05) is 6.92 Å². The van der Waals surface area contributed by atoms with Gasteiger partial charge in [-0.15, -0.1) is 11.3 Å². The lowest BCUT2D eigenvalue weighted by Crippen LogP contribution is -2.14. The Kier molecular flexibility index (Phi) is 3.54. The van der Waals surface area contributed by atoms with E-state index in [1.165, 1.54) is 38.2 Å². The molecule has 1 heterocycles. The number of nitrogens with two attached hydrogens (primary N) is 1. The lowest BCUT2D eigenvalue weighted by molar-refractivity contribution is 0.0603. The molecular weight excluding hydrogens is 264 g/mol. The van der Waals surface area contributed by atoms with Crippen LogP contribution in [0.1, 0.15) is 46.7 Å². The summed E-state index contributed by atoms with van der Waals surface area (Å²) in [4.78, 5) is 23.7. The zero-order valence-electron chi connectivity index (χ0n) is 11.3. The summed E-state index contributed by atoms with van der Waals surface area (Å²) in [6, 6.07) is 0. The van der Waals surface area contributed by atoms with Crippen molar-refractivity contribution < 1.29 is 14.3 Å². The number of carbonyl (C=O) groups excluding carboxylic acids is 2. The van der Waals surface area contributed by atoms with Crippen LogP contribution in [0, 0.1) is 5.41 Å². The molecule has 1 aliphatic carbocycles. The Bertz CT molecular complexity index is 532. The normalized spacial score (nSPS) is 15.9. The number of rotatable bonds is 5. The van der Waals surface area contributed by atoms with Crippen molar-refractivity contribution in [3.63, 3.8) is 0 Å². The summed E-state index contributed by atoms with van der Waals surface area (Å²) in [6.45, 7) is 4.39. The zero-order chi connectivity index (χ0) is 14.2. The number of hydrogen-bond donors (Lipinski definition) is 2. The van der Waals surface area contributed by atoms with Crippen LogP contribution in [0.3, 0.4) is 0 Å². The quantitative estimate of drug-likeness (QED) is 0.640. The number of ether oxygens (including phenoxy) is 1. The van der Waals surface area contributed by atoms with Crippen molar-refractivity contribution in [1.29, 1.82) is 0 Å². The van der Waals surface area contributed by atoms with Gasteiger partial charge in [0.2, 0.25) is 0 Å². The maximum atomic E-state index is 11.8. The van der Waals surface area contributed by atoms with Gasteiger partial charge in [-0.3, -0.25) is 4.79 Å². The third-order valence-electron chi connectivity index (χ3n) is 3.43. The van der Waals surface area contributed by atoms with Gasteiger partial charge in [0.05, 0.1) is 17.7 Å². The van der Waals surface area contributed by atoms with Crippen molar-refractivity contribution in [2.75, 3.05) is 24.7 Å². The molecule has 1 fully saturated rings. The minimum absolute atomic E-state index is 0.140. The highest BCUT2D eigenvalue weighted by Crippen LogP contribution is 2.46. The van der Waals surface area contributed by atoms with Crippen LogP contribution in [0.5, 0.6) is 0 Å². The predicted octanol–water partition coefficient (Wildman–Crippen LogP) is 2.53. The van der Waals surface area contributed by atoms with Crippen LogP contribution in [-0.4, -0.2) is 25.4 Å². The second kappa shape index (κ2) is 4.85. The molecule has 0 spiro atoms. The fourth-order valence-electron chi connectivity index (χ4n) is 1.82. The molecular formula is C13H18N2O3S. The smallest absolute Gasteiger partial charge is 0.343 e. The number of carbonyl (C=O) groups is 2. The van der Waals surface area contributed by atoms with Crippen molar-refractivity contribution in [2.45, 2.75) is 26.7 Å². The molecule has 0 aliphatic heterocycles. The lowest BCUT2D eigenvalue weighted by atomic mass is 10.1.